The predicted molar refractivity (Wildman–Crippen MR) is 95.6 cm³/mol. The SMILES string of the molecule is C/C(=N/NC(=O)c1ccccc1)c1ccc(N2CCOCC2)c(F)c1. The lowest BCUT2D eigenvalue weighted by molar-refractivity contribution is 0.0955. The van der Waals surface area contributed by atoms with E-state index in [-0.39, 0.29) is 11.7 Å². The van der Waals surface area contributed by atoms with E-state index in [1.165, 1.54) is 6.07 Å². The number of nitrogens with one attached hydrogen (secondary N) is 1. The van der Waals surface area contributed by atoms with Crippen molar-refractivity contribution < 1.29 is 13.9 Å². The smallest absolute Gasteiger partial charge is 0.271 e. The molecule has 0 spiro atoms. The molecule has 2 aromatic rings. The van der Waals surface area contributed by atoms with E-state index in [9.17, 15) is 9.18 Å². The summed E-state index contributed by atoms with van der Waals surface area (Å²) in [5, 5.41) is 4.07. The molecule has 25 heavy (non-hydrogen) atoms. The van der Waals surface area contributed by atoms with E-state index in [0.29, 0.717) is 48.8 Å². The van der Waals surface area contributed by atoms with E-state index >= 15 is 0 Å². The highest BCUT2D eigenvalue weighted by Gasteiger charge is 2.15. The molecule has 1 aliphatic rings. The molecule has 3 rings (SSSR count). The van der Waals surface area contributed by atoms with Gasteiger partial charge >= 0.3 is 0 Å². The maximum absolute atomic E-state index is 14.4. The Kier molecular flexibility index (Phi) is 5.40. The van der Waals surface area contributed by atoms with Gasteiger partial charge in [-0.3, -0.25) is 4.79 Å². The number of halogens is 1. The van der Waals surface area contributed by atoms with E-state index in [1.54, 1.807) is 43.3 Å². The van der Waals surface area contributed by atoms with Gasteiger partial charge in [-0.1, -0.05) is 24.3 Å². The molecule has 1 fully saturated rings. The predicted octanol–water partition coefficient (Wildman–Crippen LogP) is 2.82. The highest BCUT2D eigenvalue weighted by molar-refractivity contribution is 6.01. The number of amides is 1. The van der Waals surface area contributed by atoms with Crippen LogP contribution in [-0.4, -0.2) is 37.9 Å². The molecular weight excluding hydrogens is 321 g/mol. The van der Waals surface area contributed by atoms with Crippen LogP contribution in [0.15, 0.2) is 53.6 Å². The van der Waals surface area contributed by atoms with Crippen molar-refractivity contribution in [1.29, 1.82) is 0 Å². The zero-order valence-electron chi connectivity index (χ0n) is 14.0. The van der Waals surface area contributed by atoms with Crippen molar-refractivity contribution >= 4 is 17.3 Å². The van der Waals surface area contributed by atoms with Crippen LogP contribution in [0.4, 0.5) is 10.1 Å². The Morgan fingerprint density at radius 2 is 1.84 bits per heavy atom. The molecule has 0 aromatic heterocycles. The average Bonchev–Trinajstić information content (AvgIpc) is 2.67. The van der Waals surface area contributed by atoms with Crippen molar-refractivity contribution in [3.05, 3.63) is 65.5 Å². The van der Waals surface area contributed by atoms with Crippen LogP contribution >= 0.6 is 0 Å². The van der Waals surface area contributed by atoms with Crippen molar-refractivity contribution in [2.45, 2.75) is 6.92 Å². The van der Waals surface area contributed by atoms with Crippen LogP contribution in [0.1, 0.15) is 22.8 Å². The fourth-order valence-electron chi connectivity index (χ4n) is 2.65. The van der Waals surface area contributed by atoms with Crippen LogP contribution in [0, 0.1) is 5.82 Å². The van der Waals surface area contributed by atoms with Gasteiger partial charge in [0.15, 0.2) is 0 Å². The Bertz CT molecular complexity index is 771. The number of rotatable bonds is 4. The molecule has 1 N–H and O–H groups in total. The number of morpholine rings is 1. The molecular formula is C19H20FN3O2. The maximum atomic E-state index is 14.4. The van der Waals surface area contributed by atoms with Crippen molar-refractivity contribution in [3.8, 4) is 0 Å². The molecule has 2 aromatic carbocycles. The van der Waals surface area contributed by atoms with Crippen LogP contribution in [0.2, 0.25) is 0 Å². The number of anilines is 1. The van der Waals surface area contributed by atoms with E-state index < -0.39 is 0 Å². The third-order valence-corrected chi connectivity index (χ3v) is 4.08. The van der Waals surface area contributed by atoms with Crippen LogP contribution < -0.4 is 10.3 Å². The van der Waals surface area contributed by atoms with Gasteiger partial charge < -0.3 is 9.64 Å². The Morgan fingerprint density at radius 1 is 1.12 bits per heavy atom. The van der Waals surface area contributed by atoms with Gasteiger partial charge in [0.1, 0.15) is 5.82 Å². The molecule has 0 unspecified atom stereocenters. The summed E-state index contributed by atoms with van der Waals surface area (Å²) in [5.41, 5.74) is 4.74. The number of nitrogens with zero attached hydrogens (tertiary/aromatic N) is 2. The highest BCUT2D eigenvalue weighted by Crippen LogP contribution is 2.22. The monoisotopic (exact) mass is 341 g/mol. The first-order valence-electron chi connectivity index (χ1n) is 8.17. The molecule has 0 radical (unpaired) electrons. The zero-order chi connectivity index (χ0) is 17.6. The maximum Gasteiger partial charge on any atom is 0.271 e. The molecule has 1 aliphatic heterocycles. The van der Waals surface area contributed by atoms with Gasteiger partial charge in [0.2, 0.25) is 0 Å². The van der Waals surface area contributed by atoms with Crippen LogP contribution in [0.3, 0.4) is 0 Å². The van der Waals surface area contributed by atoms with E-state index in [1.807, 2.05) is 11.0 Å². The van der Waals surface area contributed by atoms with Gasteiger partial charge in [-0.25, -0.2) is 9.82 Å². The molecule has 0 bridgehead atoms. The van der Waals surface area contributed by atoms with Gasteiger partial charge in [-0.2, -0.15) is 5.10 Å². The van der Waals surface area contributed by atoms with Gasteiger partial charge in [-0.05, 0) is 31.2 Å². The van der Waals surface area contributed by atoms with E-state index in [4.69, 9.17) is 4.74 Å². The molecule has 0 atom stereocenters. The van der Waals surface area contributed by atoms with E-state index in [2.05, 4.69) is 10.5 Å². The van der Waals surface area contributed by atoms with Crippen molar-refractivity contribution in [2.24, 2.45) is 5.10 Å². The fourth-order valence-corrected chi connectivity index (χ4v) is 2.65. The zero-order valence-corrected chi connectivity index (χ0v) is 14.0. The lowest BCUT2D eigenvalue weighted by Crippen LogP contribution is -2.36. The van der Waals surface area contributed by atoms with Crippen molar-refractivity contribution in [3.63, 3.8) is 0 Å². The Balaban J connectivity index is 1.70. The normalized spacial score (nSPS) is 15.1. The first kappa shape index (κ1) is 17.1. The van der Waals surface area contributed by atoms with Gasteiger partial charge in [-0.15, -0.1) is 0 Å². The first-order chi connectivity index (χ1) is 12.1. The largest absolute Gasteiger partial charge is 0.378 e. The summed E-state index contributed by atoms with van der Waals surface area (Å²) in [7, 11) is 0. The number of hydrogen-bond donors (Lipinski definition) is 1. The van der Waals surface area contributed by atoms with Crippen LogP contribution in [0.25, 0.3) is 0 Å². The fraction of sp³-hybridized carbons (Fsp3) is 0.263. The summed E-state index contributed by atoms with van der Waals surface area (Å²) in [6.07, 6.45) is 0. The Hall–Kier alpha value is -2.73. The number of carbonyl (C=O) groups excluding carboxylic acids is 1. The molecule has 130 valence electrons. The topological polar surface area (TPSA) is 53.9 Å². The van der Waals surface area contributed by atoms with E-state index in [0.717, 1.165) is 0 Å². The van der Waals surface area contributed by atoms with Crippen molar-refractivity contribution in [2.75, 3.05) is 31.2 Å². The highest BCUT2D eigenvalue weighted by atomic mass is 19.1. The lowest BCUT2D eigenvalue weighted by atomic mass is 10.1. The third kappa shape index (κ3) is 4.22. The third-order valence-electron chi connectivity index (χ3n) is 4.08. The summed E-state index contributed by atoms with van der Waals surface area (Å²) in [6, 6.07) is 13.8. The quantitative estimate of drug-likeness (QED) is 0.687. The van der Waals surface area contributed by atoms with Crippen LogP contribution in [0.5, 0.6) is 0 Å². The molecule has 1 heterocycles. The minimum absolute atomic E-state index is 0.301. The van der Waals surface area contributed by atoms with Crippen molar-refractivity contribution in [1.82, 2.24) is 5.43 Å². The lowest BCUT2D eigenvalue weighted by Gasteiger charge is -2.29. The Labute approximate surface area is 146 Å². The molecule has 1 saturated heterocycles. The van der Waals surface area contributed by atoms with Gasteiger partial charge in [0.25, 0.3) is 5.91 Å². The first-order valence-corrected chi connectivity index (χ1v) is 8.17. The second kappa shape index (κ2) is 7.90. The minimum Gasteiger partial charge on any atom is -0.378 e. The number of ether oxygens (including phenoxy) is 1. The second-order valence-corrected chi connectivity index (χ2v) is 5.77. The second-order valence-electron chi connectivity index (χ2n) is 5.77. The molecule has 1 amide bonds. The summed E-state index contributed by atoms with van der Waals surface area (Å²) in [4.78, 5) is 14.0. The number of hydrazone groups is 1. The summed E-state index contributed by atoms with van der Waals surface area (Å²) < 4.78 is 19.7. The standard InChI is InChI=1S/C19H20FN3O2/c1-14(21-22-19(24)15-5-3-2-4-6-15)16-7-8-18(17(20)13-16)23-9-11-25-12-10-23/h2-8,13H,9-12H2,1H3,(H,22,24)/b21-14-. The minimum atomic E-state index is -0.302. The summed E-state index contributed by atoms with van der Waals surface area (Å²) in [5.74, 6) is -0.603. The molecule has 0 aliphatic carbocycles. The number of benzene rings is 2. The molecule has 0 saturated carbocycles. The average molecular weight is 341 g/mol. The molecule has 6 heteroatoms. The van der Waals surface area contributed by atoms with Crippen LogP contribution in [-0.2, 0) is 4.74 Å². The van der Waals surface area contributed by atoms with Gasteiger partial charge in [0, 0.05) is 24.2 Å². The molecule has 5 nitrogen and oxygen atoms in total. The summed E-state index contributed by atoms with van der Waals surface area (Å²) in [6.45, 7) is 4.29. The number of carbonyl (C=O) groups is 1. The Morgan fingerprint density at radius 3 is 2.52 bits per heavy atom. The number of hydrogen-bond acceptors (Lipinski definition) is 4. The summed E-state index contributed by atoms with van der Waals surface area (Å²) >= 11 is 0. The van der Waals surface area contributed by atoms with Gasteiger partial charge in [0.05, 0.1) is 24.6 Å².